The SMILES string of the molecule is CCCSCC(Cc1nc(C)c(C)s1)NN. The summed E-state index contributed by atoms with van der Waals surface area (Å²) in [7, 11) is 0. The highest BCUT2D eigenvalue weighted by Crippen LogP contribution is 2.18. The van der Waals surface area contributed by atoms with Gasteiger partial charge in [-0.15, -0.1) is 11.3 Å². The fraction of sp³-hybridized carbons (Fsp3) is 0.727. The van der Waals surface area contributed by atoms with Crippen LogP contribution in [-0.2, 0) is 6.42 Å². The maximum absolute atomic E-state index is 5.56. The Bertz CT molecular complexity index is 293. The Balaban J connectivity index is 2.43. The van der Waals surface area contributed by atoms with Crippen LogP contribution in [-0.4, -0.2) is 22.5 Å². The molecule has 3 N–H and O–H groups in total. The van der Waals surface area contributed by atoms with Gasteiger partial charge in [-0.2, -0.15) is 11.8 Å². The van der Waals surface area contributed by atoms with E-state index in [-0.39, 0.29) is 0 Å². The summed E-state index contributed by atoms with van der Waals surface area (Å²) in [4.78, 5) is 5.85. The lowest BCUT2D eigenvalue weighted by molar-refractivity contribution is 0.574. The van der Waals surface area contributed by atoms with Gasteiger partial charge in [0.2, 0.25) is 0 Å². The first kappa shape index (κ1) is 14.0. The van der Waals surface area contributed by atoms with Crippen LogP contribution in [0.25, 0.3) is 0 Å². The first-order valence-corrected chi connectivity index (χ1v) is 7.61. The van der Waals surface area contributed by atoms with Crippen molar-refractivity contribution in [1.82, 2.24) is 10.4 Å². The molecule has 0 radical (unpaired) electrons. The third kappa shape index (κ3) is 4.41. The van der Waals surface area contributed by atoms with Gasteiger partial charge in [0.05, 0.1) is 10.7 Å². The number of hydrogen-bond acceptors (Lipinski definition) is 5. The number of rotatable bonds is 7. The summed E-state index contributed by atoms with van der Waals surface area (Å²) in [5.74, 6) is 7.82. The molecule has 1 atom stereocenters. The molecule has 1 aromatic rings. The fourth-order valence-corrected chi connectivity index (χ4v) is 3.34. The summed E-state index contributed by atoms with van der Waals surface area (Å²) in [6, 6.07) is 0.335. The van der Waals surface area contributed by atoms with Gasteiger partial charge in [-0.3, -0.25) is 11.3 Å². The third-order valence-corrected chi connectivity index (χ3v) is 4.83. The van der Waals surface area contributed by atoms with Gasteiger partial charge >= 0.3 is 0 Å². The van der Waals surface area contributed by atoms with E-state index in [1.807, 2.05) is 11.8 Å². The number of thioether (sulfide) groups is 1. The van der Waals surface area contributed by atoms with E-state index in [0.717, 1.165) is 17.9 Å². The Labute approximate surface area is 106 Å². The summed E-state index contributed by atoms with van der Waals surface area (Å²) < 4.78 is 0. The third-order valence-electron chi connectivity index (χ3n) is 2.40. The van der Waals surface area contributed by atoms with Gasteiger partial charge in [0.1, 0.15) is 0 Å². The minimum absolute atomic E-state index is 0.335. The van der Waals surface area contributed by atoms with Crippen LogP contribution in [0.1, 0.15) is 28.9 Å². The molecule has 0 fully saturated rings. The summed E-state index contributed by atoms with van der Waals surface area (Å²) >= 11 is 3.73. The Morgan fingerprint density at radius 1 is 1.50 bits per heavy atom. The second-order valence-electron chi connectivity index (χ2n) is 3.89. The molecule has 0 bridgehead atoms. The molecule has 0 aromatic carbocycles. The maximum Gasteiger partial charge on any atom is 0.0947 e. The normalized spacial score (nSPS) is 13.0. The molecule has 0 saturated carbocycles. The van der Waals surface area contributed by atoms with Crippen molar-refractivity contribution in [1.29, 1.82) is 0 Å². The van der Waals surface area contributed by atoms with E-state index in [0.29, 0.717) is 6.04 Å². The largest absolute Gasteiger partial charge is 0.271 e. The average molecular weight is 259 g/mol. The standard InChI is InChI=1S/C11H21N3S2/c1-4-5-15-7-10(14-12)6-11-13-8(2)9(3)16-11/h10,14H,4-7,12H2,1-3H3. The molecule has 5 heteroatoms. The van der Waals surface area contributed by atoms with Crippen LogP contribution >= 0.6 is 23.1 Å². The van der Waals surface area contributed by atoms with Gasteiger partial charge in [0, 0.05) is 23.1 Å². The van der Waals surface area contributed by atoms with Gasteiger partial charge in [0.15, 0.2) is 0 Å². The molecular formula is C11H21N3S2. The molecule has 1 unspecified atom stereocenters. The average Bonchev–Trinajstić information content (AvgIpc) is 2.57. The van der Waals surface area contributed by atoms with Crippen molar-refractivity contribution in [2.75, 3.05) is 11.5 Å². The molecule has 92 valence electrons. The van der Waals surface area contributed by atoms with E-state index in [1.54, 1.807) is 11.3 Å². The second-order valence-corrected chi connectivity index (χ2v) is 6.33. The lowest BCUT2D eigenvalue weighted by atomic mass is 10.2. The van der Waals surface area contributed by atoms with E-state index in [1.165, 1.54) is 22.1 Å². The zero-order valence-corrected chi connectivity index (χ0v) is 11.9. The lowest BCUT2D eigenvalue weighted by Gasteiger charge is -2.13. The highest BCUT2D eigenvalue weighted by atomic mass is 32.2. The van der Waals surface area contributed by atoms with Crippen LogP contribution < -0.4 is 11.3 Å². The maximum atomic E-state index is 5.56. The zero-order valence-electron chi connectivity index (χ0n) is 10.2. The minimum Gasteiger partial charge on any atom is -0.271 e. The summed E-state index contributed by atoms with van der Waals surface area (Å²) in [5.41, 5.74) is 4.03. The van der Waals surface area contributed by atoms with E-state index in [4.69, 9.17) is 5.84 Å². The molecule has 0 aliphatic rings. The summed E-state index contributed by atoms with van der Waals surface area (Å²) in [5, 5.41) is 1.19. The summed E-state index contributed by atoms with van der Waals surface area (Å²) in [6.45, 7) is 6.38. The first-order chi connectivity index (χ1) is 7.67. The number of aromatic nitrogens is 1. The second kappa shape index (κ2) is 7.27. The van der Waals surface area contributed by atoms with Crippen LogP contribution in [0.3, 0.4) is 0 Å². The van der Waals surface area contributed by atoms with E-state index >= 15 is 0 Å². The minimum atomic E-state index is 0.335. The van der Waals surface area contributed by atoms with Gasteiger partial charge in [-0.1, -0.05) is 6.92 Å². The van der Waals surface area contributed by atoms with E-state index in [9.17, 15) is 0 Å². The van der Waals surface area contributed by atoms with E-state index < -0.39 is 0 Å². The van der Waals surface area contributed by atoms with Gasteiger partial charge in [0.25, 0.3) is 0 Å². The Morgan fingerprint density at radius 3 is 2.75 bits per heavy atom. The molecule has 3 nitrogen and oxygen atoms in total. The van der Waals surface area contributed by atoms with Crippen molar-refractivity contribution < 1.29 is 0 Å². The topological polar surface area (TPSA) is 50.9 Å². The van der Waals surface area contributed by atoms with Crippen molar-refractivity contribution in [2.24, 2.45) is 5.84 Å². The van der Waals surface area contributed by atoms with Gasteiger partial charge < -0.3 is 0 Å². The Morgan fingerprint density at radius 2 is 2.25 bits per heavy atom. The van der Waals surface area contributed by atoms with Crippen LogP contribution in [0.2, 0.25) is 0 Å². The molecular weight excluding hydrogens is 238 g/mol. The number of hydrogen-bond donors (Lipinski definition) is 2. The molecule has 0 aliphatic carbocycles. The fourth-order valence-electron chi connectivity index (χ4n) is 1.37. The smallest absolute Gasteiger partial charge is 0.0947 e. The van der Waals surface area contributed by atoms with Crippen LogP contribution in [0.4, 0.5) is 0 Å². The van der Waals surface area contributed by atoms with Crippen molar-refractivity contribution in [3.8, 4) is 0 Å². The molecule has 0 amide bonds. The number of thiazole rings is 1. The number of hydrazine groups is 1. The van der Waals surface area contributed by atoms with E-state index in [2.05, 4.69) is 31.2 Å². The predicted octanol–water partition coefficient (Wildman–Crippen LogP) is 2.28. The number of nitrogens with zero attached hydrogens (tertiary/aromatic N) is 1. The quantitative estimate of drug-likeness (QED) is 0.448. The highest BCUT2D eigenvalue weighted by molar-refractivity contribution is 7.99. The number of nitrogens with two attached hydrogens (primary N) is 1. The Hall–Kier alpha value is -0.100. The van der Waals surface area contributed by atoms with Crippen molar-refractivity contribution in [3.05, 3.63) is 15.6 Å². The molecule has 0 spiro atoms. The molecule has 1 rings (SSSR count). The predicted molar refractivity (Wildman–Crippen MR) is 74.0 cm³/mol. The molecule has 1 heterocycles. The highest BCUT2D eigenvalue weighted by Gasteiger charge is 2.11. The zero-order chi connectivity index (χ0) is 12.0. The number of nitrogens with one attached hydrogen (secondary N) is 1. The van der Waals surface area contributed by atoms with Crippen LogP contribution in [0.15, 0.2) is 0 Å². The molecule has 0 aliphatic heterocycles. The summed E-state index contributed by atoms with van der Waals surface area (Å²) in [6.07, 6.45) is 2.16. The number of aryl methyl sites for hydroxylation is 2. The molecule has 16 heavy (non-hydrogen) atoms. The van der Waals surface area contributed by atoms with Crippen LogP contribution in [0.5, 0.6) is 0 Å². The van der Waals surface area contributed by atoms with Crippen molar-refractivity contribution >= 4 is 23.1 Å². The van der Waals surface area contributed by atoms with Crippen LogP contribution in [0, 0.1) is 13.8 Å². The van der Waals surface area contributed by atoms with Crippen molar-refractivity contribution in [2.45, 2.75) is 39.7 Å². The van der Waals surface area contributed by atoms with Gasteiger partial charge in [-0.25, -0.2) is 4.98 Å². The molecule has 1 aromatic heterocycles. The van der Waals surface area contributed by atoms with Crippen molar-refractivity contribution in [3.63, 3.8) is 0 Å². The lowest BCUT2D eigenvalue weighted by Crippen LogP contribution is -2.38. The van der Waals surface area contributed by atoms with Gasteiger partial charge in [-0.05, 0) is 26.0 Å². The monoisotopic (exact) mass is 259 g/mol. The first-order valence-electron chi connectivity index (χ1n) is 5.64. The Kier molecular flexibility index (Phi) is 6.34. The molecule has 0 saturated heterocycles.